The van der Waals surface area contributed by atoms with E-state index in [9.17, 15) is 9.59 Å². The van der Waals surface area contributed by atoms with Crippen molar-refractivity contribution < 1.29 is 14.3 Å². The number of hydrogen-bond donors (Lipinski definition) is 0. The Kier molecular flexibility index (Phi) is 5.43. The molecule has 0 bridgehead atoms. The van der Waals surface area contributed by atoms with Gasteiger partial charge in [0.2, 0.25) is 0 Å². The van der Waals surface area contributed by atoms with E-state index in [1.165, 1.54) is 22.7 Å². The van der Waals surface area contributed by atoms with Crippen molar-refractivity contribution in [3.8, 4) is 0 Å². The second-order valence-electron chi connectivity index (χ2n) is 5.12. The summed E-state index contributed by atoms with van der Waals surface area (Å²) in [6.45, 7) is 2.16. The van der Waals surface area contributed by atoms with Crippen LogP contribution in [0.4, 0.5) is 0 Å². The molecule has 126 valence electrons. The van der Waals surface area contributed by atoms with Crippen LogP contribution in [0, 0.1) is 0 Å². The standard InChI is InChI=1S/C17H17NO3S3/c1-3-21-16(20)14-11-7-4-5-8-12(11)17(23-14)24(2)18-15(19)13-9-6-10-22-13/h5-6,8-10H,3-4,7H2,1-2H3. The summed E-state index contributed by atoms with van der Waals surface area (Å²) in [6.07, 6.45) is 7.81. The van der Waals surface area contributed by atoms with Crippen LogP contribution >= 0.6 is 22.7 Å². The number of allylic oxidation sites excluding steroid dienone is 1. The van der Waals surface area contributed by atoms with Gasteiger partial charge in [-0.25, -0.2) is 4.79 Å². The van der Waals surface area contributed by atoms with Crippen molar-refractivity contribution in [3.05, 3.63) is 44.5 Å². The number of nitrogens with zero attached hydrogens (tertiary/aromatic N) is 1. The molecule has 0 fully saturated rings. The van der Waals surface area contributed by atoms with E-state index in [0.717, 1.165) is 28.2 Å². The van der Waals surface area contributed by atoms with Crippen molar-refractivity contribution in [2.24, 2.45) is 4.36 Å². The molecule has 0 saturated heterocycles. The van der Waals surface area contributed by atoms with E-state index in [1.807, 2.05) is 23.8 Å². The Morgan fingerprint density at radius 2 is 2.25 bits per heavy atom. The van der Waals surface area contributed by atoms with E-state index < -0.39 is 10.7 Å². The predicted octanol–water partition coefficient (Wildman–Crippen LogP) is 4.58. The first-order valence-corrected chi connectivity index (χ1v) is 10.8. The minimum absolute atomic E-state index is 0.199. The van der Waals surface area contributed by atoms with Crippen LogP contribution in [0.5, 0.6) is 0 Å². The lowest BCUT2D eigenvalue weighted by Gasteiger charge is -2.08. The molecule has 0 aliphatic heterocycles. The van der Waals surface area contributed by atoms with Gasteiger partial charge in [-0.2, -0.15) is 4.36 Å². The van der Waals surface area contributed by atoms with Gasteiger partial charge in [0, 0.05) is 5.56 Å². The maximum atomic E-state index is 12.2. The van der Waals surface area contributed by atoms with Crippen LogP contribution in [0.1, 0.15) is 43.8 Å². The number of fused-ring (bicyclic) bond motifs is 1. The van der Waals surface area contributed by atoms with Crippen molar-refractivity contribution in [2.45, 2.75) is 24.0 Å². The van der Waals surface area contributed by atoms with Crippen LogP contribution in [-0.2, 0) is 21.8 Å². The highest BCUT2D eigenvalue weighted by Crippen LogP contribution is 2.36. The molecule has 3 rings (SSSR count). The minimum Gasteiger partial charge on any atom is -0.462 e. The second-order valence-corrected chi connectivity index (χ2v) is 8.90. The van der Waals surface area contributed by atoms with Crippen molar-refractivity contribution in [3.63, 3.8) is 0 Å². The van der Waals surface area contributed by atoms with E-state index in [-0.39, 0.29) is 11.9 Å². The van der Waals surface area contributed by atoms with Gasteiger partial charge in [0.15, 0.2) is 0 Å². The molecule has 24 heavy (non-hydrogen) atoms. The summed E-state index contributed by atoms with van der Waals surface area (Å²) in [5.41, 5.74) is 2.08. The molecule has 0 radical (unpaired) electrons. The fourth-order valence-corrected chi connectivity index (χ4v) is 5.91. The third kappa shape index (κ3) is 3.43. The van der Waals surface area contributed by atoms with Crippen molar-refractivity contribution in [1.29, 1.82) is 0 Å². The number of carbonyl (C=O) groups is 2. The lowest BCUT2D eigenvalue weighted by Crippen LogP contribution is -2.06. The zero-order valence-corrected chi connectivity index (χ0v) is 15.9. The predicted molar refractivity (Wildman–Crippen MR) is 100 cm³/mol. The van der Waals surface area contributed by atoms with Gasteiger partial charge in [-0.3, -0.25) is 4.79 Å². The van der Waals surface area contributed by atoms with Gasteiger partial charge in [0.25, 0.3) is 5.91 Å². The highest BCUT2D eigenvalue weighted by Gasteiger charge is 2.24. The first-order chi connectivity index (χ1) is 11.6. The molecule has 2 aromatic heterocycles. The van der Waals surface area contributed by atoms with E-state index in [1.54, 1.807) is 13.0 Å². The Morgan fingerprint density at radius 3 is 2.96 bits per heavy atom. The number of rotatable bonds is 4. The molecule has 1 atom stereocenters. The lowest BCUT2D eigenvalue weighted by atomic mass is 10.00. The summed E-state index contributed by atoms with van der Waals surface area (Å²) in [5, 5.41) is 1.87. The molecule has 2 heterocycles. The van der Waals surface area contributed by atoms with Crippen molar-refractivity contribution in [2.75, 3.05) is 12.9 Å². The Hall–Kier alpha value is -1.57. The zero-order chi connectivity index (χ0) is 17.1. The van der Waals surface area contributed by atoms with Gasteiger partial charge < -0.3 is 4.74 Å². The average Bonchev–Trinajstić information content (AvgIpc) is 3.23. The highest BCUT2D eigenvalue weighted by molar-refractivity contribution is 7.89. The maximum absolute atomic E-state index is 12.2. The monoisotopic (exact) mass is 379 g/mol. The van der Waals surface area contributed by atoms with Gasteiger partial charge >= 0.3 is 5.97 Å². The molecular formula is C17H17NO3S3. The Bertz CT molecular complexity index is 832. The number of hydrogen-bond acceptors (Lipinski definition) is 5. The third-order valence-corrected chi connectivity index (χ3v) is 7.59. The molecule has 7 heteroatoms. The first kappa shape index (κ1) is 17.3. The second kappa shape index (κ2) is 7.55. The third-order valence-electron chi connectivity index (χ3n) is 3.54. The molecule has 4 nitrogen and oxygen atoms in total. The molecule has 0 aromatic carbocycles. The SMILES string of the molecule is CCOC(=O)c1sc(S(C)=NC(=O)c2cccs2)c2c1CCC=C2. The molecule has 2 aromatic rings. The molecule has 1 aliphatic carbocycles. The summed E-state index contributed by atoms with van der Waals surface area (Å²) in [4.78, 5) is 25.8. The summed E-state index contributed by atoms with van der Waals surface area (Å²) < 4.78 is 10.5. The molecule has 1 aliphatic rings. The van der Waals surface area contributed by atoms with Crippen LogP contribution in [0.25, 0.3) is 6.08 Å². The van der Waals surface area contributed by atoms with Crippen LogP contribution < -0.4 is 0 Å². The number of ether oxygens (including phenoxy) is 1. The number of carbonyl (C=O) groups excluding carboxylic acids is 2. The van der Waals surface area contributed by atoms with Crippen molar-refractivity contribution in [1.82, 2.24) is 0 Å². The topological polar surface area (TPSA) is 55.7 Å². The Balaban J connectivity index is 2.00. The molecule has 1 unspecified atom stereocenters. The summed E-state index contributed by atoms with van der Waals surface area (Å²) in [5.74, 6) is -0.475. The smallest absolute Gasteiger partial charge is 0.348 e. The van der Waals surface area contributed by atoms with Gasteiger partial charge in [0.1, 0.15) is 4.88 Å². The molecule has 0 saturated carbocycles. The fraction of sp³-hybridized carbons (Fsp3) is 0.294. The van der Waals surface area contributed by atoms with Gasteiger partial charge in [0.05, 0.1) is 15.7 Å². The Morgan fingerprint density at radius 1 is 1.42 bits per heavy atom. The van der Waals surface area contributed by atoms with Crippen LogP contribution in [0.15, 0.2) is 32.2 Å². The van der Waals surface area contributed by atoms with E-state index in [0.29, 0.717) is 16.4 Å². The average molecular weight is 380 g/mol. The molecular weight excluding hydrogens is 362 g/mol. The molecule has 1 amide bonds. The molecule has 0 spiro atoms. The zero-order valence-electron chi connectivity index (χ0n) is 13.4. The normalized spacial score (nSPS) is 14.4. The van der Waals surface area contributed by atoms with Crippen LogP contribution in [0.3, 0.4) is 0 Å². The molecule has 0 N–H and O–H groups in total. The van der Waals surface area contributed by atoms with Crippen LogP contribution in [0.2, 0.25) is 0 Å². The van der Waals surface area contributed by atoms with E-state index in [4.69, 9.17) is 4.74 Å². The first-order valence-electron chi connectivity index (χ1n) is 7.56. The largest absolute Gasteiger partial charge is 0.462 e. The van der Waals surface area contributed by atoms with Gasteiger partial charge in [-0.05, 0) is 43.0 Å². The maximum Gasteiger partial charge on any atom is 0.348 e. The highest BCUT2D eigenvalue weighted by atomic mass is 32.2. The number of amides is 1. The van der Waals surface area contributed by atoms with E-state index >= 15 is 0 Å². The van der Waals surface area contributed by atoms with Gasteiger partial charge in [-0.15, -0.1) is 22.7 Å². The lowest BCUT2D eigenvalue weighted by molar-refractivity contribution is 0.0530. The Labute approximate surface area is 151 Å². The minimum atomic E-state index is -0.596. The van der Waals surface area contributed by atoms with Crippen molar-refractivity contribution >= 4 is 51.3 Å². The van der Waals surface area contributed by atoms with E-state index in [2.05, 4.69) is 10.4 Å². The number of esters is 1. The summed E-state index contributed by atoms with van der Waals surface area (Å²) >= 11 is 2.80. The van der Waals surface area contributed by atoms with Gasteiger partial charge in [-0.1, -0.05) is 28.9 Å². The summed E-state index contributed by atoms with van der Waals surface area (Å²) in [7, 11) is -0.596. The van der Waals surface area contributed by atoms with Crippen LogP contribution in [-0.4, -0.2) is 24.7 Å². The fourth-order valence-electron chi connectivity index (χ4n) is 2.49. The quantitative estimate of drug-likeness (QED) is 0.731. The summed E-state index contributed by atoms with van der Waals surface area (Å²) in [6, 6.07) is 3.62. The number of thiophene rings is 2.